The molecule has 0 saturated carbocycles. The van der Waals surface area contributed by atoms with Crippen molar-refractivity contribution in [3.05, 3.63) is 12.7 Å². The van der Waals surface area contributed by atoms with Crippen molar-refractivity contribution in [3.8, 4) is 0 Å². The third kappa shape index (κ3) is 2.99. The van der Waals surface area contributed by atoms with Crippen molar-refractivity contribution in [1.82, 2.24) is 10.2 Å². The summed E-state index contributed by atoms with van der Waals surface area (Å²) in [5.74, 6) is 0.369. The van der Waals surface area contributed by atoms with Gasteiger partial charge in [0.1, 0.15) is 11.6 Å². The summed E-state index contributed by atoms with van der Waals surface area (Å²) in [6.45, 7) is 12.1. The standard InChI is InChI=1S/C15H26N2O2/c1-6-9-17-12(10-11(4)5)13(18)16-15(7-2,8-3)14(17)19/h6,11-12H,1,7-10H2,2-5H3,(H,16,18). The number of carbonyl (C=O) groups excluding carboxylic acids is 2. The van der Waals surface area contributed by atoms with Crippen LogP contribution in [0, 0.1) is 5.92 Å². The maximum atomic E-state index is 12.7. The highest BCUT2D eigenvalue weighted by atomic mass is 16.2. The molecule has 108 valence electrons. The molecular weight excluding hydrogens is 240 g/mol. The van der Waals surface area contributed by atoms with E-state index in [-0.39, 0.29) is 17.9 Å². The lowest BCUT2D eigenvalue weighted by Gasteiger charge is -2.45. The Bertz CT molecular complexity index is 359. The Morgan fingerprint density at radius 1 is 1.37 bits per heavy atom. The van der Waals surface area contributed by atoms with Crippen molar-refractivity contribution in [1.29, 1.82) is 0 Å². The summed E-state index contributed by atoms with van der Waals surface area (Å²) in [6.07, 6.45) is 3.63. The molecule has 0 aromatic heterocycles. The van der Waals surface area contributed by atoms with Gasteiger partial charge in [0.2, 0.25) is 11.8 Å². The molecule has 0 aliphatic carbocycles. The van der Waals surface area contributed by atoms with Gasteiger partial charge in [-0.2, -0.15) is 0 Å². The molecule has 1 unspecified atom stereocenters. The summed E-state index contributed by atoms with van der Waals surface area (Å²) in [5.41, 5.74) is -0.729. The zero-order valence-corrected chi connectivity index (χ0v) is 12.5. The van der Waals surface area contributed by atoms with E-state index in [4.69, 9.17) is 0 Å². The molecule has 4 heteroatoms. The number of rotatable bonds is 6. The third-order valence-electron chi connectivity index (χ3n) is 3.94. The molecule has 1 atom stereocenters. The molecule has 1 N–H and O–H groups in total. The Kier molecular flexibility index (Phi) is 5.15. The second-order valence-electron chi connectivity index (χ2n) is 5.67. The van der Waals surface area contributed by atoms with Gasteiger partial charge in [-0.05, 0) is 25.2 Å². The predicted octanol–water partition coefficient (Wildman–Crippen LogP) is 2.10. The molecule has 0 aromatic rings. The summed E-state index contributed by atoms with van der Waals surface area (Å²) in [6, 6.07) is -0.364. The molecule has 0 bridgehead atoms. The van der Waals surface area contributed by atoms with E-state index in [1.54, 1.807) is 11.0 Å². The van der Waals surface area contributed by atoms with Gasteiger partial charge in [-0.25, -0.2) is 0 Å². The molecular formula is C15H26N2O2. The van der Waals surface area contributed by atoms with E-state index >= 15 is 0 Å². The normalized spacial score (nSPS) is 22.6. The molecule has 0 spiro atoms. The van der Waals surface area contributed by atoms with Crippen LogP contribution in [-0.2, 0) is 9.59 Å². The summed E-state index contributed by atoms with van der Waals surface area (Å²) in [5, 5.41) is 2.96. The molecule has 1 aliphatic rings. The van der Waals surface area contributed by atoms with E-state index in [9.17, 15) is 9.59 Å². The minimum absolute atomic E-state index is 0.0288. The van der Waals surface area contributed by atoms with Gasteiger partial charge < -0.3 is 10.2 Å². The maximum Gasteiger partial charge on any atom is 0.249 e. The highest BCUT2D eigenvalue weighted by molar-refractivity contribution is 5.99. The monoisotopic (exact) mass is 266 g/mol. The lowest BCUT2D eigenvalue weighted by atomic mass is 9.85. The summed E-state index contributed by atoms with van der Waals surface area (Å²) in [7, 11) is 0. The van der Waals surface area contributed by atoms with Gasteiger partial charge in [-0.3, -0.25) is 9.59 Å². The van der Waals surface area contributed by atoms with Crippen molar-refractivity contribution < 1.29 is 9.59 Å². The summed E-state index contributed by atoms with van der Waals surface area (Å²) < 4.78 is 0. The number of carbonyl (C=O) groups is 2. The first-order valence-electron chi connectivity index (χ1n) is 7.15. The molecule has 1 saturated heterocycles. The lowest BCUT2D eigenvalue weighted by Crippen LogP contribution is -2.70. The molecule has 0 radical (unpaired) electrons. The topological polar surface area (TPSA) is 49.4 Å². The fraction of sp³-hybridized carbons (Fsp3) is 0.733. The quantitative estimate of drug-likeness (QED) is 0.749. The van der Waals surface area contributed by atoms with Crippen LogP contribution >= 0.6 is 0 Å². The second kappa shape index (κ2) is 6.22. The zero-order chi connectivity index (χ0) is 14.6. The Hall–Kier alpha value is -1.32. The van der Waals surface area contributed by atoms with Gasteiger partial charge in [-0.1, -0.05) is 33.8 Å². The van der Waals surface area contributed by atoms with Crippen LogP contribution in [0.1, 0.15) is 47.0 Å². The predicted molar refractivity (Wildman–Crippen MR) is 76.6 cm³/mol. The van der Waals surface area contributed by atoms with Gasteiger partial charge in [0.05, 0.1) is 0 Å². The van der Waals surface area contributed by atoms with E-state index in [1.165, 1.54) is 0 Å². The van der Waals surface area contributed by atoms with Crippen LogP contribution in [-0.4, -0.2) is 34.8 Å². The molecule has 1 rings (SSSR count). The highest BCUT2D eigenvalue weighted by Gasteiger charge is 2.48. The van der Waals surface area contributed by atoms with E-state index in [2.05, 4.69) is 25.7 Å². The molecule has 0 aromatic carbocycles. The van der Waals surface area contributed by atoms with Gasteiger partial charge in [-0.15, -0.1) is 6.58 Å². The number of nitrogens with one attached hydrogen (secondary N) is 1. The van der Waals surface area contributed by atoms with Crippen molar-refractivity contribution in [2.45, 2.75) is 58.5 Å². The van der Waals surface area contributed by atoms with Crippen LogP contribution in [0.15, 0.2) is 12.7 Å². The number of amides is 2. The first kappa shape index (κ1) is 15.7. The smallest absolute Gasteiger partial charge is 0.249 e. The SMILES string of the molecule is C=CCN1C(=O)C(CC)(CC)NC(=O)C1CC(C)C. The highest BCUT2D eigenvalue weighted by Crippen LogP contribution is 2.27. The van der Waals surface area contributed by atoms with E-state index in [0.29, 0.717) is 31.7 Å². The molecule has 2 amide bonds. The van der Waals surface area contributed by atoms with Crippen molar-refractivity contribution in [2.24, 2.45) is 5.92 Å². The number of piperazine rings is 1. The van der Waals surface area contributed by atoms with Gasteiger partial charge >= 0.3 is 0 Å². The first-order chi connectivity index (χ1) is 8.91. The van der Waals surface area contributed by atoms with Gasteiger partial charge in [0, 0.05) is 6.54 Å². The molecule has 1 aliphatic heterocycles. The largest absolute Gasteiger partial charge is 0.340 e. The fourth-order valence-electron chi connectivity index (χ4n) is 2.69. The van der Waals surface area contributed by atoms with E-state index in [0.717, 1.165) is 0 Å². The Balaban J connectivity index is 3.08. The Labute approximate surface area is 116 Å². The number of nitrogens with zero attached hydrogens (tertiary/aromatic N) is 1. The van der Waals surface area contributed by atoms with Crippen LogP contribution in [0.4, 0.5) is 0 Å². The van der Waals surface area contributed by atoms with Crippen LogP contribution in [0.3, 0.4) is 0 Å². The Morgan fingerprint density at radius 2 is 1.95 bits per heavy atom. The molecule has 1 fully saturated rings. The number of hydrogen-bond donors (Lipinski definition) is 1. The lowest BCUT2D eigenvalue weighted by molar-refractivity contribution is -0.155. The Morgan fingerprint density at radius 3 is 2.37 bits per heavy atom. The number of hydrogen-bond acceptors (Lipinski definition) is 2. The molecule has 19 heavy (non-hydrogen) atoms. The fourth-order valence-corrected chi connectivity index (χ4v) is 2.69. The molecule has 1 heterocycles. The summed E-state index contributed by atoms with van der Waals surface area (Å²) >= 11 is 0. The maximum absolute atomic E-state index is 12.7. The van der Waals surface area contributed by atoms with Crippen molar-refractivity contribution in [3.63, 3.8) is 0 Å². The first-order valence-corrected chi connectivity index (χ1v) is 7.15. The van der Waals surface area contributed by atoms with Crippen LogP contribution in [0.5, 0.6) is 0 Å². The van der Waals surface area contributed by atoms with E-state index in [1.807, 2.05) is 13.8 Å². The average Bonchev–Trinajstić information content (AvgIpc) is 2.37. The van der Waals surface area contributed by atoms with Crippen molar-refractivity contribution in [2.75, 3.05) is 6.54 Å². The minimum Gasteiger partial charge on any atom is -0.340 e. The summed E-state index contributed by atoms with van der Waals surface area (Å²) in [4.78, 5) is 26.7. The molecule has 4 nitrogen and oxygen atoms in total. The van der Waals surface area contributed by atoms with Crippen LogP contribution < -0.4 is 5.32 Å². The van der Waals surface area contributed by atoms with Crippen LogP contribution in [0.25, 0.3) is 0 Å². The van der Waals surface area contributed by atoms with Crippen LogP contribution in [0.2, 0.25) is 0 Å². The van der Waals surface area contributed by atoms with Crippen molar-refractivity contribution >= 4 is 11.8 Å². The zero-order valence-electron chi connectivity index (χ0n) is 12.5. The second-order valence-corrected chi connectivity index (χ2v) is 5.67. The minimum atomic E-state index is -0.729. The van der Waals surface area contributed by atoms with E-state index < -0.39 is 5.54 Å². The third-order valence-corrected chi connectivity index (χ3v) is 3.94. The van der Waals surface area contributed by atoms with Gasteiger partial charge in [0.15, 0.2) is 0 Å². The van der Waals surface area contributed by atoms with Gasteiger partial charge in [0.25, 0.3) is 0 Å². The average molecular weight is 266 g/mol.